The molecule has 0 radical (unpaired) electrons. The highest BCUT2D eigenvalue weighted by atomic mass is 16.6. The second-order valence-electron chi connectivity index (χ2n) is 10.1. The number of ketones is 2. The standard InChI is InChI=1S/C22H30O6/c1-11-13-9-14(27-12(2)23)18(26)21(5)8-6-7-20(3,4)15(21)10-16(24)22(17(11)25)19(13)28-22/h13-16,19,24H,1,6-10H2,2-5H3/t13-,14-,15+,16?,19-,21+,22?/m0/s1. The van der Waals surface area contributed by atoms with Crippen LogP contribution in [0, 0.1) is 22.7 Å². The van der Waals surface area contributed by atoms with Crippen molar-refractivity contribution in [2.75, 3.05) is 0 Å². The Morgan fingerprint density at radius 2 is 1.89 bits per heavy atom. The Kier molecular flexibility index (Phi) is 4.23. The van der Waals surface area contributed by atoms with Crippen molar-refractivity contribution in [1.82, 2.24) is 0 Å². The lowest BCUT2D eigenvalue weighted by Crippen LogP contribution is -2.54. The monoisotopic (exact) mass is 390 g/mol. The van der Waals surface area contributed by atoms with E-state index in [9.17, 15) is 19.5 Å². The topological polar surface area (TPSA) is 93.2 Å². The predicted molar refractivity (Wildman–Crippen MR) is 100 cm³/mol. The number of Topliss-reactive ketones (excluding diaryl/α,β-unsaturated/α-hetero) is 2. The van der Waals surface area contributed by atoms with Crippen molar-refractivity contribution >= 4 is 17.5 Å². The van der Waals surface area contributed by atoms with Crippen LogP contribution in [0.5, 0.6) is 0 Å². The summed E-state index contributed by atoms with van der Waals surface area (Å²) >= 11 is 0. The maximum Gasteiger partial charge on any atom is 0.303 e. The van der Waals surface area contributed by atoms with Crippen LogP contribution in [-0.4, -0.2) is 46.6 Å². The number of carbonyl (C=O) groups is 3. The van der Waals surface area contributed by atoms with Gasteiger partial charge in [0.05, 0.1) is 6.10 Å². The van der Waals surface area contributed by atoms with Gasteiger partial charge in [0.2, 0.25) is 0 Å². The van der Waals surface area contributed by atoms with Crippen LogP contribution in [0.3, 0.4) is 0 Å². The number of esters is 1. The van der Waals surface area contributed by atoms with E-state index in [2.05, 4.69) is 20.4 Å². The first-order chi connectivity index (χ1) is 12.9. The third-order valence-corrected chi connectivity index (χ3v) is 7.96. The third-order valence-electron chi connectivity index (χ3n) is 7.96. The lowest BCUT2D eigenvalue weighted by Gasteiger charge is -2.51. The molecule has 6 heteroatoms. The molecule has 0 amide bonds. The Bertz CT molecular complexity index is 769. The molecule has 2 unspecified atom stereocenters. The molecule has 7 atom stereocenters. The molecule has 4 rings (SSSR count). The van der Waals surface area contributed by atoms with E-state index in [4.69, 9.17) is 9.47 Å². The van der Waals surface area contributed by atoms with Gasteiger partial charge in [0, 0.05) is 24.7 Å². The van der Waals surface area contributed by atoms with Gasteiger partial charge in [-0.25, -0.2) is 0 Å². The largest absolute Gasteiger partial charge is 0.454 e. The lowest BCUT2D eigenvalue weighted by atomic mass is 9.52. The molecule has 1 N–H and O–H groups in total. The minimum Gasteiger partial charge on any atom is -0.454 e. The summed E-state index contributed by atoms with van der Waals surface area (Å²) in [6.45, 7) is 11.4. The second kappa shape index (κ2) is 5.99. The Morgan fingerprint density at radius 1 is 1.21 bits per heavy atom. The van der Waals surface area contributed by atoms with Crippen LogP contribution in [0.4, 0.5) is 0 Å². The fraction of sp³-hybridized carbons (Fsp3) is 0.773. The average molecular weight is 390 g/mol. The number of hydrogen-bond acceptors (Lipinski definition) is 6. The van der Waals surface area contributed by atoms with Gasteiger partial charge in [0.25, 0.3) is 0 Å². The zero-order chi connectivity index (χ0) is 20.6. The number of aliphatic hydroxyl groups is 1. The number of epoxide rings is 1. The first-order valence-corrected chi connectivity index (χ1v) is 10.3. The number of rotatable bonds is 1. The zero-order valence-electron chi connectivity index (χ0n) is 17.1. The van der Waals surface area contributed by atoms with Gasteiger partial charge in [-0.2, -0.15) is 0 Å². The first-order valence-electron chi connectivity index (χ1n) is 10.3. The molecule has 0 spiro atoms. The summed E-state index contributed by atoms with van der Waals surface area (Å²) < 4.78 is 11.3. The number of aliphatic hydroxyl groups excluding tert-OH is 1. The lowest BCUT2D eigenvalue weighted by molar-refractivity contribution is -0.164. The summed E-state index contributed by atoms with van der Waals surface area (Å²) in [6, 6.07) is 0. The van der Waals surface area contributed by atoms with Gasteiger partial charge >= 0.3 is 5.97 Å². The van der Waals surface area contributed by atoms with E-state index in [1.807, 2.05) is 6.92 Å². The van der Waals surface area contributed by atoms with Gasteiger partial charge in [-0.05, 0) is 36.2 Å². The molecular weight excluding hydrogens is 360 g/mol. The van der Waals surface area contributed by atoms with Crippen molar-refractivity contribution in [3.05, 3.63) is 12.2 Å². The minimum absolute atomic E-state index is 0.104. The average Bonchev–Trinajstić information content (AvgIpc) is 3.30. The Hall–Kier alpha value is -1.53. The van der Waals surface area contributed by atoms with Crippen LogP contribution >= 0.6 is 0 Å². The summed E-state index contributed by atoms with van der Waals surface area (Å²) in [6.07, 6.45) is 0.635. The Balaban J connectivity index is 1.82. The normalized spacial score (nSPS) is 47.2. The van der Waals surface area contributed by atoms with Gasteiger partial charge < -0.3 is 14.6 Å². The van der Waals surface area contributed by atoms with E-state index in [1.54, 1.807) is 0 Å². The molecule has 0 aromatic heterocycles. The zero-order valence-corrected chi connectivity index (χ0v) is 17.1. The van der Waals surface area contributed by atoms with Gasteiger partial charge in [0.1, 0.15) is 6.10 Å². The van der Waals surface area contributed by atoms with Crippen molar-refractivity contribution < 1.29 is 29.0 Å². The molecule has 3 aliphatic carbocycles. The fourth-order valence-electron chi connectivity index (χ4n) is 6.43. The molecule has 1 saturated heterocycles. The molecular formula is C22H30O6. The molecule has 4 aliphatic rings. The molecule has 1 heterocycles. The van der Waals surface area contributed by atoms with Crippen LogP contribution in [-0.2, 0) is 23.9 Å². The van der Waals surface area contributed by atoms with Crippen molar-refractivity contribution in [3.8, 4) is 0 Å². The second-order valence-corrected chi connectivity index (χ2v) is 10.1. The summed E-state index contributed by atoms with van der Waals surface area (Å²) in [7, 11) is 0. The maximum atomic E-state index is 13.7. The number of hydrogen-bond donors (Lipinski definition) is 1. The summed E-state index contributed by atoms with van der Waals surface area (Å²) in [5.41, 5.74) is -1.78. The SMILES string of the molecule is C=C1C(=O)C23O[C@H]2[C@H]1C[C@H](OC(C)=O)C(=O)[C@]1(C)CCCC(C)(C)[C@H]1CC3O. The van der Waals surface area contributed by atoms with E-state index in [0.29, 0.717) is 18.4 Å². The molecule has 3 saturated carbocycles. The Morgan fingerprint density at radius 3 is 2.54 bits per heavy atom. The van der Waals surface area contributed by atoms with E-state index >= 15 is 0 Å². The van der Waals surface area contributed by atoms with Crippen molar-refractivity contribution in [1.29, 1.82) is 0 Å². The highest BCUT2D eigenvalue weighted by Gasteiger charge is 2.76. The quantitative estimate of drug-likeness (QED) is 0.420. The highest BCUT2D eigenvalue weighted by molar-refractivity contribution is 6.08. The smallest absolute Gasteiger partial charge is 0.303 e. The van der Waals surface area contributed by atoms with E-state index in [1.165, 1.54) is 6.92 Å². The molecule has 0 aromatic rings. The van der Waals surface area contributed by atoms with E-state index in [0.717, 1.165) is 12.8 Å². The number of fused-ring (bicyclic) bond motifs is 1. The summed E-state index contributed by atoms with van der Waals surface area (Å²) in [4.78, 5) is 38.4. The summed E-state index contributed by atoms with van der Waals surface area (Å²) in [5, 5.41) is 11.1. The van der Waals surface area contributed by atoms with Crippen LogP contribution in [0.15, 0.2) is 12.2 Å². The minimum atomic E-state index is -1.22. The fourth-order valence-corrected chi connectivity index (χ4v) is 6.43. The number of ether oxygens (including phenoxy) is 2. The van der Waals surface area contributed by atoms with Crippen LogP contribution in [0.2, 0.25) is 0 Å². The van der Waals surface area contributed by atoms with Crippen LogP contribution in [0.25, 0.3) is 0 Å². The first kappa shape index (κ1) is 19.8. The van der Waals surface area contributed by atoms with Crippen molar-refractivity contribution in [2.24, 2.45) is 22.7 Å². The van der Waals surface area contributed by atoms with E-state index < -0.39 is 41.2 Å². The van der Waals surface area contributed by atoms with Gasteiger partial charge in [0.15, 0.2) is 23.3 Å². The van der Waals surface area contributed by atoms with Crippen LogP contribution < -0.4 is 0 Å². The van der Waals surface area contributed by atoms with Crippen molar-refractivity contribution in [3.63, 3.8) is 0 Å². The molecule has 1 aliphatic heterocycles. The van der Waals surface area contributed by atoms with E-state index in [-0.39, 0.29) is 29.3 Å². The summed E-state index contributed by atoms with van der Waals surface area (Å²) in [5.74, 6) is -1.43. The van der Waals surface area contributed by atoms with Gasteiger partial charge in [-0.15, -0.1) is 0 Å². The van der Waals surface area contributed by atoms with Gasteiger partial charge in [-0.3, -0.25) is 14.4 Å². The highest BCUT2D eigenvalue weighted by Crippen LogP contribution is 2.61. The van der Waals surface area contributed by atoms with Gasteiger partial charge in [-0.1, -0.05) is 33.8 Å². The molecule has 0 aromatic carbocycles. The molecule has 154 valence electrons. The van der Waals surface area contributed by atoms with Crippen LogP contribution in [0.1, 0.15) is 59.8 Å². The number of carbonyl (C=O) groups excluding carboxylic acids is 3. The molecule has 28 heavy (non-hydrogen) atoms. The van der Waals surface area contributed by atoms with Crippen molar-refractivity contribution in [2.45, 2.75) is 83.7 Å². The predicted octanol–water partition coefficient (Wildman–Crippen LogP) is 2.37. The molecule has 4 fully saturated rings. The Labute approximate surface area is 165 Å². The maximum absolute atomic E-state index is 13.7. The molecule has 6 nitrogen and oxygen atoms in total. The molecule has 2 bridgehead atoms. The third kappa shape index (κ3) is 2.50.